The summed E-state index contributed by atoms with van der Waals surface area (Å²) in [6, 6.07) is 1.69. The number of hydrogen-bond acceptors (Lipinski definition) is 6. The summed E-state index contributed by atoms with van der Waals surface area (Å²) >= 11 is 2.65. The van der Waals surface area contributed by atoms with Crippen LogP contribution >= 0.6 is 22.7 Å². The molecule has 0 aromatic carbocycles. The number of aryl methyl sites for hydroxylation is 1. The Morgan fingerprint density at radius 2 is 2.10 bits per heavy atom. The highest BCUT2D eigenvalue weighted by atomic mass is 32.1. The van der Waals surface area contributed by atoms with E-state index in [4.69, 9.17) is 5.73 Å². The lowest BCUT2D eigenvalue weighted by Crippen LogP contribution is -2.38. The van der Waals surface area contributed by atoms with E-state index in [0.29, 0.717) is 26.7 Å². The summed E-state index contributed by atoms with van der Waals surface area (Å²) in [5.41, 5.74) is 5.65. The number of rotatable bonds is 4. The van der Waals surface area contributed by atoms with Crippen LogP contribution in [0.15, 0.2) is 15.7 Å². The molecule has 152 valence electrons. The second-order valence-corrected chi connectivity index (χ2v) is 9.75. The van der Waals surface area contributed by atoms with E-state index in [1.54, 1.807) is 6.07 Å². The van der Waals surface area contributed by atoms with Crippen molar-refractivity contribution in [3.8, 4) is 0 Å². The highest BCUT2D eigenvalue weighted by Gasteiger charge is 2.27. The van der Waals surface area contributed by atoms with Gasteiger partial charge in [0.15, 0.2) is 0 Å². The molecule has 0 aliphatic heterocycles. The molecule has 2 amide bonds. The van der Waals surface area contributed by atoms with Gasteiger partial charge in [-0.1, -0.05) is 6.92 Å². The van der Waals surface area contributed by atoms with Crippen LogP contribution in [-0.2, 0) is 24.2 Å². The van der Waals surface area contributed by atoms with Crippen molar-refractivity contribution in [2.24, 2.45) is 11.7 Å². The van der Waals surface area contributed by atoms with Crippen LogP contribution < -0.4 is 22.3 Å². The van der Waals surface area contributed by atoms with Gasteiger partial charge >= 0.3 is 5.69 Å². The smallest absolute Gasteiger partial charge is 0.329 e. The second kappa shape index (κ2) is 7.27. The lowest BCUT2D eigenvalue weighted by Gasteiger charge is -2.18. The predicted molar refractivity (Wildman–Crippen MR) is 114 cm³/mol. The average molecular weight is 433 g/mol. The van der Waals surface area contributed by atoms with Gasteiger partial charge in [-0.15, -0.1) is 22.7 Å². The molecule has 3 heterocycles. The van der Waals surface area contributed by atoms with Crippen molar-refractivity contribution in [3.05, 3.63) is 47.8 Å². The largest absolute Gasteiger partial charge is 0.365 e. The van der Waals surface area contributed by atoms with E-state index in [1.807, 2.05) is 6.92 Å². The molecule has 0 fully saturated rings. The van der Waals surface area contributed by atoms with Gasteiger partial charge in [-0.05, 0) is 43.7 Å². The summed E-state index contributed by atoms with van der Waals surface area (Å²) < 4.78 is 0.864. The fraction of sp³-hybridized carbons (Fsp3) is 0.368. The molecule has 4 N–H and O–H groups in total. The Bertz CT molecular complexity index is 1260. The van der Waals surface area contributed by atoms with Crippen LogP contribution in [0.3, 0.4) is 0 Å². The molecule has 1 atom stereocenters. The first kappa shape index (κ1) is 19.6. The van der Waals surface area contributed by atoms with Gasteiger partial charge in [-0.25, -0.2) is 4.79 Å². The first-order chi connectivity index (χ1) is 13.7. The van der Waals surface area contributed by atoms with E-state index in [0.717, 1.165) is 39.1 Å². The third-order valence-corrected chi connectivity index (χ3v) is 7.24. The number of fused-ring (bicyclic) bond motifs is 2. The lowest BCUT2D eigenvalue weighted by molar-refractivity contribution is -0.116. The van der Waals surface area contributed by atoms with Gasteiger partial charge in [0.05, 0.1) is 10.9 Å². The zero-order valence-electron chi connectivity index (χ0n) is 16.0. The number of nitrogens with two attached hydrogens (primary N) is 1. The fourth-order valence-electron chi connectivity index (χ4n) is 3.72. The minimum atomic E-state index is -0.645. The molecule has 0 spiro atoms. The van der Waals surface area contributed by atoms with Crippen molar-refractivity contribution >= 4 is 49.7 Å². The maximum atomic E-state index is 12.6. The van der Waals surface area contributed by atoms with Crippen LogP contribution in [0.2, 0.25) is 0 Å². The molecular weight excluding hydrogens is 412 g/mol. The molecular formula is C19H20N4O4S2. The Kier molecular flexibility index (Phi) is 4.91. The monoisotopic (exact) mass is 432 g/mol. The van der Waals surface area contributed by atoms with Gasteiger partial charge in [0, 0.05) is 9.75 Å². The van der Waals surface area contributed by atoms with Crippen LogP contribution in [0.5, 0.6) is 0 Å². The number of thiophene rings is 2. The molecule has 8 nitrogen and oxygen atoms in total. The summed E-state index contributed by atoms with van der Waals surface area (Å²) in [6.45, 7) is 3.53. The zero-order valence-corrected chi connectivity index (χ0v) is 17.6. The molecule has 3 aromatic rings. The number of carbonyl (C=O) groups excluding carboxylic acids is 2. The van der Waals surface area contributed by atoms with Crippen LogP contribution in [-0.4, -0.2) is 21.4 Å². The summed E-state index contributed by atoms with van der Waals surface area (Å²) in [4.78, 5) is 54.6. The summed E-state index contributed by atoms with van der Waals surface area (Å²) in [5, 5.41) is 3.45. The van der Waals surface area contributed by atoms with Crippen molar-refractivity contribution < 1.29 is 9.59 Å². The third kappa shape index (κ3) is 3.53. The van der Waals surface area contributed by atoms with E-state index >= 15 is 0 Å². The number of hydrogen-bond donors (Lipinski definition) is 3. The molecule has 4 rings (SSSR count). The van der Waals surface area contributed by atoms with Gasteiger partial charge < -0.3 is 11.1 Å². The molecule has 0 saturated carbocycles. The number of aromatic amines is 1. The van der Waals surface area contributed by atoms with E-state index < -0.39 is 29.6 Å². The number of primary amides is 1. The molecule has 1 unspecified atom stereocenters. The number of nitrogens with one attached hydrogen (secondary N) is 2. The second-order valence-electron chi connectivity index (χ2n) is 7.39. The first-order valence-corrected chi connectivity index (χ1v) is 10.8. The van der Waals surface area contributed by atoms with Crippen LogP contribution in [0, 0.1) is 12.8 Å². The van der Waals surface area contributed by atoms with Gasteiger partial charge in [-0.3, -0.25) is 23.9 Å². The number of anilines is 1. The van der Waals surface area contributed by atoms with Crippen LogP contribution in [0.1, 0.15) is 39.0 Å². The molecule has 10 heteroatoms. The Labute approximate surface area is 173 Å². The maximum absolute atomic E-state index is 12.6. The summed E-state index contributed by atoms with van der Waals surface area (Å²) in [6.07, 6.45) is 2.54. The highest BCUT2D eigenvalue weighted by molar-refractivity contribution is 7.18. The lowest BCUT2D eigenvalue weighted by atomic mass is 9.88. The minimum absolute atomic E-state index is 0.343. The third-order valence-electron chi connectivity index (χ3n) is 5.11. The molecule has 0 saturated heterocycles. The van der Waals surface area contributed by atoms with Gasteiger partial charge in [0.25, 0.3) is 11.5 Å². The van der Waals surface area contributed by atoms with Crippen LogP contribution in [0.25, 0.3) is 10.2 Å². The van der Waals surface area contributed by atoms with Gasteiger partial charge in [0.1, 0.15) is 16.4 Å². The van der Waals surface area contributed by atoms with Crippen LogP contribution in [0.4, 0.5) is 5.00 Å². The number of nitrogens with zero attached hydrogens (tertiary/aromatic N) is 1. The maximum Gasteiger partial charge on any atom is 0.329 e. The Hall–Kier alpha value is -2.72. The number of carbonyl (C=O) groups is 2. The number of amides is 2. The van der Waals surface area contributed by atoms with E-state index in [1.165, 1.54) is 22.7 Å². The fourth-order valence-corrected chi connectivity index (χ4v) is 6.05. The molecule has 0 bridgehead atoms. The van der Waals surface area contributed by atoms with Gasteiger partial charge in [-0.2, -0.15) is 0 Å². The highest BCUT2D eigenvalue weighted by Crippen LogP contribution is 2.39. The Morgan fingerprint density at radius 3 is 2.83 bits per heavy atom. The Balaban J connectivity index is 1.65. The molecule has 0 radical (unpaired) electrons. The quantitative estimate of drug-likeness (QED) is 0.582. The van der Waals surface area contributed by atoms with Crippen molar-refractivity contribution in [2.75, 3.05) is 5.32 Å². The SMILES string of the molecule is Cc1cc2c(=O)n(CC(=O)Nc3sc4c(c3C(N)=O)CCC(C)C4)c(=O)[nH]c2s1. The number of aromatic nitrogens is 2. The van der Waals surface area contributed by atoms with Crippen molar-refractivity contribution in [2.45, 2.75) is 39.7 Å². The summed E-state index contributed by atoms with van der Waals surface area (Å²) in [7, 11) is 0. The Morgan fingerprint density at radius 1 is 1.34 bits per heavy atom. The van der Waals surface area contributed by atoms with E-state index in [2.05, 4.69) is 17.2 Å². The van der Waals surface area contributed by atoms with Crippen molar-refractivity contribution in [3.63, 3.8) is 0 Å². The summed E-state index contributed by atoms with van der Waals surface area (Å²) in [5.74, 6) is -0.640. The van der Waals surface area contributed by atoms with E-state index in [-0.39, 0.29) is 0 Å². The number of H-pyrrole nitrogens is 1. The topological polar surface area (TPSA) is 127 Å². The van der Waals surface area contributed by atoms with Crippen molar-refractivity contribution in [1.82, 2.24) is 9.55 Å². The van der Waals surface area contributed by atoms with Crippen molar-refractivity contribution in [1.29, 1.82) is 0 Å². The average Bonchev–Trinajstić information content (AvgIpc) is 3.17. The predicted octanol–water partition coefficient (Wildman–Crippen LogP) is 1.98. The van der Waals surface area contributed by atoms with E-state index in [9.17, 15) is 19.2 Å². The first-order valence-electron chi connectivity index (χ1n) is 9.22. The zero-order chi connectivity index (χ0) is 20.9. The molecule has 1 aliphatic carbocycles. The molecule has 29 heavy (non-hydrogen) atoms. The minimum Gasteiger partial charge on any atom is -0.365 e. The standard InChI is InChI=1S/C19H20N4O4S2/c1-8-3-4-10-12(5-8)29-17(14(10)15(20)25)21-13(24)7-23-18(26)11-6-9(2)28-16(11)22-19(23)27/h6,8H,3-5,7H2,1-2H3,(H2,20,25)(H,21,24)(H,22,27). The molecule has 1 aliphatic rings. The molecule has 3 aromatic heterocycles. The normalized spacial score (nSPS) is 16.0. The van der Waals surface area contributed by atoms with Gasteiger partial charge in [0.2, 0.25) is 5.91 Å².